The van der Waals surface area contributed by atoms with E-state index in [0.29, 0.717) is 23.0 Å². The Kier molecular flexibility index (Phi) is 5.49. The Balaban J connectivity index is 1.71. The number of nitrogens with one attached hydrogen (secondary N) is 1. The maximum atomic E-state index is 12.8. The lowest BCUT2D eigenvalue weighted by molar-refractivity contribution is 0.0815. The SMILES string of the molecule is CN(C)C(=O)c1cc2cnc(Nc3ccc(N=S(=O)=O)cc3)nc2n1C1CCCC1. The van der Waals surface area contributed by atoms with Crippen molar-refractivity contribution in [2.24, 2.45) is 4.36 Å². The number of carbonyl (C=O) groups is 1. The molecule has 0 atom stereocenters. The number of nitrogens with zero attached hydrogens (tertiary/aromatic N) is 5. The van der Waals surface area contributed by atoms with Crippen molar-refractivity contribution < 1.29 is 13.2 Å². The van der Waals surface area contributed by atoms with E-state index in [1.807, 2.05) is 6.07 Å². The number of aromatic nitrogens is 3. The molecular weight excluding hydrogens is 404 g/mol. The molecule has 0 aliphatic heterocycles. The Bertz CT molecular complexity index is 1220. The third kappa shape index (κ3) is 4.04. The zero-order valence-corrected chi connectivity index (χ0v) is 17.6. The van der Waals surface area contributed by atoms with Gasteiger partial charge in [-0.1, -0.05) is 12.8 Å². The van der Waals surface area contributed by atoms with Gasteiger partial charge in [0.15, 0.2) is 0 Å². The van der Waals surface area contributed by atoms with Gasteiger partial charge >= 0.3 is 10.5 Å². The maximum absolute atomic E-state index is 12.8. The van der Waals surface area contributed by atoms with E-state index in [9.17, 15) is 13.2 Å². The van der Waals surface area contributed by atoms with Gasteiger partial charge in [0.05, 0.1) is 5.69 Å². The second-order valence-electron chi connectivity index (χ2n) is 7.49. The van der Waals surface area contributed by atoms with Crippen molar-refractivity contribution in [2.75, 3.05) is 19.4 Å². The van der Waals surface area contributed by atoms with E-state index in [0.717, 1.165) is 36.7 Å². The average molecular weight is 427 g/mol. The van der Waals surface area contributed by atoms with Gasteiger partial charge in [-0.15, -0.1) is 4.36 Å². The molecule has 0 saturated heterocycles. The molecule has 2 aromatic heterocycles. The summed E-state index contributed by atoms with van der Waals surface area (Å²) in [4.78, 5) is 23.4. The van der Waals surface area contributed by atoms with Gasteiger partial charge < -0.3 is 14.8 Å². The van der Waals surface area contributed by atoms with Crippen LogP contribution < -0.4 is 5.32 Å². The van der Waals surface area contributed by atoms with Gasteiger partial charge in [-0.25, -0.2) is 4.98 Å². The van der Waals surface area contributed by atoms with Crippen LogP contribution in [0, 0.1) is 0 Å². The van der Waals surface area contributed by atoms with Crippen molar-refractivity contribution in [3.05, 3.63) is 42.2 Å². The molecule has 10 heteroatoms. The van der Waals surface area contributed by atoms with Crippen molar-refractivity contribution in [1.29, 1.82) is 0 Å². The number of carbonyl (C=O) groups excluding carboxylic acids is 1. The number of benzene rings is 1. The van der Waals surface area contributed by atoms with Gasteiger partial charge in [-0.05, 0) is 43.2 Å². The quantitative estimate of drug-likeness (QED) is 0.666. The molecule has 1 aliphatic rings. The summed E-state index contributed by atoms with van der Waals surface area (Å²) in [5.41, 5.74) is 2.41. The summed E-state index contributed by atoms with van der Waals surface area (Å²) in [6.07, 6.45) is 6.04. The van der Waals surface area contributed by atoms with Gasteiger partial charge in [0.1, 0.15) is 11.3 Å². The summed E-state index contributed by atoms with van der Waals surface area (Å²) in [7, 11) is 1.00. The number of anilines is 2. The van der Waals surface area contributed by atoms with E-state index in [2.05, 4.69) is 19.2 Å². The van der Waals surface area contributed by atoms with Crippen LogP contribution in [0.25, 0.3) is 11.0 Å². The molecule has 3 aromatic rings. The average Bonchev–Trinajstić information content (AvgIpc) is 3.35. The third-order valence-corrected chi connectivity index (χ3v) is 5.55. The molecule has 1 aliphatic carbocycles. The number of amides is 1. The maximum Gasteiger partial charge on any atom is 0.316 e. The van der Waals surface area contributed by atoms with Gasteiger partial charge in [0.25, 0.3) is 5.91 Å². The Morgan fingerprint density at radius 2 is 1.90 bits per heavy atom. The first-order valence-corrected chi connectivity index (χ1v) is 10.7. The van der Waals surface area contributed by atoms with Crippen LogP contribution in [0.2, 0.25) is 0 Å². The van der Waals surface area contributed by atoms with Gasteiger partial charge in [0.2, 0.25) is 5.95 Å². The zero-order chi connectivity index (χ0) is 21.3. The smallest absolute Gasteiger partial charge is 0.316 e. The lowest BCUT2D eigenvalue weighted by Gasteiger charge is -2.19. The fourth-order valence-corrected chi connectivity index (χ4v) is 4.11. The highest BCUT2D eigenvalue weighted by molar-refractivity contribution is 7.61. The van der Waals surface area contributed by atoms with Crippen LogP contribution in [0.1, 0.15) is 42.2 Å². The van der Waals surface area contributed by atoms with Crippen molar-refractivity contribution in [2.45, 2.75) is 31.7 Å². The minimum atomic E-state index is -2.49. The molecule has 0 bridgehead atoms. The Hall–Kier alpha value is -3.27. The van der Waals surface area contributed by atoms with E-state index >= 15 is 0 Å². The Morgan fingerprint density at radius 1 is 1.20 bits per heavy atom. The van der Waals surface area contributed by atoms with Crippen molar-refractivity contribution >= 4 is 44.8 Å². The first-order chi connectivity index (χ1) is 14.4. The number of hydrogen-bond donors (Lipinski definition) is 1. The summed E-state index contributed by atoms with van der Waals surface area (Å²) >= 11 is 0. The predicted octanol–water partition coefficient (Wildman–Crippen LogP) is 3.69. The molecule has 1 amide bonds. The van der Waals surface area contributed by atoms with Crippen molar-refractivity contribution in [3.8, 4) is 0 Å². The number of hydrogen-bond acceptors (Lipinski definition) is 7. The molecule has 1 fully saturated rings. The van der Waals surface area contributed by atoms with E-state index in [1.54, 1.807) is 49.5 Å². The molecule has 0 unspecified atom stereocenters. The standard InChI is InChI=1S/C20H22N6O3S/c1-25(2)19(27)17-11-13-12-21-20(23-18(13)26(17)16-5-3-4-6-16)22-14-7-9-15(10-8-14)24-30(28)29/h7-12,16H,3-6H2,1-2H3,(H,21,22,23). The van der Waals surface area contributed by atoms with E-state index in [-0.39, 0.29) is 11.9 Å². The number of rotatable bonds is 5. The largest absolute Gasteiger partial charge is 0.343 e. The normalized spacial score (nSPS) is 14.1. The minimum Gasteiger partial charge on any atom is -0.343 e. The van der Waals surface area contributed by atoms with Crippen molar-refractivity contribution in [1.82, 2.24) is 19.4 Å². The highest BCUT2D eigenvalue weighted by Crippen LogP contribution is 2.35. The Labute approximate surface area is 175 Å². The van der Waals surface area contributed by atoms with E-state index in [1.165, 1.54) is 0 Å². The van der Waals surface area contributed by atoms with Crippen LogP contribution in [-0.2, 0) is 10.5 Å². The van der Waals surface area contributed by atoms with Gasteiger partial charge in [-0.3, -0.25) is 4.79 Å². The first kappa shape index (κ1) is 20.0. The fourth-order valence-electron chi connectivity index (χ4n) is 3.81. The van der Waals surface area contributed by atoms with Crippen LogP contribution in [0.4, 0.5) is 17.3 Å². The van der Waals surface area contributed by atoms with Crippen LogP contribution in [0.3, 0.4) is 0 Å². The first-order valence-electron chi connectivity index (χ1n) is 9.70. The van der Waals surface area contributed by atoms with Gasteiger partial charge in [0, 0.05) is 37.4 Å². The summed E-state index contributed by atoms with van der Waals surface area (Å²) in [5.74, 6) is 0.352. The van der Waals surface area contributed by atoms with E-state index in [4.69, 9.17) is 4.98 Å². The van der Waals surface area contributed by atoms with E-state index < -0.39 is 10.5 Å². The topological polar surface area (TPSA) is 110 Å². The highest BCUT2D eigenvalue weighted by atomic mass is 32.2. The predicted molar refractivity (Wildman–Crippen MR) is 114 cm³/mol. The molecule has 1 aromatic carbocycles. The summed E-state index contributed by atoms with van der Waals surface area (Å²) in [5, 5.41) is 3.95. The zero-order valence-electron chi connectivity index (χ0n) is 16.7. The molecule has 1 saturated carbocycles. The summed E-state index contributed by atoms with van der Waals surface area (Å²) in [6, 6.07) is 8.70. The van der Waals surface area contributed by atoms with Crippen LogP contribution in [0.15, 0.2) is 40.9 Å². The van der Waals surface area contributed by atoms with Crippen LogP contribution in [-0.4, -0.2) is 47.9 Å². The summed E-state index contributed by atoms with van der Waals surface area (Å²) < 4.78 is 26.9. The van der Waals surface area contributed by atoms with Crippen LogP contribution in [0.5, 0.6) is 0 Å². The molecule has 9 nitrogen and oxygen atoms in total. The lowest BCUT2D eigenvalue weighted by atomic mass is 10.2. The molecule has 2 heterocycles. The molecule has 0 radical (unpaired) electrons. The molecule has 4 rings (SSSR count). The molecular formula is C20H22N6O3S. The van der Waals surface area contributed by atoms with Gasteiger partial charge in [-0.2, -0.15) is 13.4 Å². The minimum absolute atomic E-state index is 0.0514. The molecule has 1 N–H and O–H groups in total. The molecule has 0 spiro atoms. The van der Waals surface area contributed by atoms with Crippen molar-refractivity contribution in [3.63, 3.8) is 0 Å². The third-order valence-electron chi connectivity index (χ3n) is 5.19. The molecule has 30 heavy (non-hydrogen) atoms. The Morgan fingerprint density at radius 3 is 2.53 bits per heavy atom. The van der Waals surface area contributed by atoms with Crippen LogP contribution >= 0.6 is 0 Å². The lowest BCUT2D eigenvalue weighted by Crippen LogP contribution is -2.25. The highest BCUT2D eigenvalue weighted by Gasteiger charge is 2.26. The fraction of sp³-hybridized carbons (Fsp3) is 0.350. The molecule has 156 valence electrons. The second kappa shape index (κ2) is 8.23. The monoisotopic (exact) mass is 426 g/mol. The second-order valence-corrected chi connectivity index (χ2v) is 8.11. The number of fused-ring (bicyclic) bond motifs is 1. The summed E-state index contributed by atoms with van der Waals surface area (Å²) in [6.45, 7) is 0.